The number of fused-ring (bicyclic) bond motifs is 9. The van der Waals surface area contributed by atoms with E-state index >= 15 is 0 Å². The summed E-state index contributed by atoms with van der Waals surface area (Å²) in [4.78, 5) is 0. The molecular formula is C50H30O. The minimum absolute atomic E-state index is 0.929. The molecule has 0 spiro atoms. The highest BCUT2D eigenvalue weighted by molar-refractivity contribution is 6.24. The molecule has 0 atom stereocenters. The zero-order chi connectivity index (χ0) is 33.5. The normalized spacial score (nSPS) is 11.9. The Morgan fingerprint density at radius 2 is 0.824 bits per heavy atom. The van der Waals surface area contributed by atoms with Gasteiger partial charge in [-0.3, -0.25) is 0 Å². The van der Waals surface area contributed by atoms with Crippen molar-refractivity contribution in [2.75, 3.05) is 0 Å². The van der Waals surface area contributed by atoms with Crippen molar-refractivity contribution in [3.63, 3.8) is 0 Å². The summed E-state index contributed by atoms with van der Waals surface area (Å²) < 4.78 is 6.56. The highest BCUT2D eigenvalue weighted by Gasteiger charge is 2.19. The Morgan fingerprint density at radius 1 is 0.275 bits per heavy atom. The highest BCUT2D eigenvalue weighted by Crippen LogP contribution is 2.47. The second-order valence-corrected chi connectivity index (χ2v) is 13.6. The number of hydrogen-bond donors (Lipinski definition) is 0. The van der Waals surface area contributed by atoms with E-state index in [1.165, 1.54) is 81.9 Å². The molecule has 0 amide bonds. The number of hydrogen-bond acceptors (Lipinski definition) is 1. The summed E-state index contributed by atoms with van der Waals surface area (Å²) in [6.07, 6.45) is 0. The molecule has 0 fully saturated rings. The molecule has 236 valence electrons. The van der Waals surface area contributed by atoms with E-state index in [0.29, 0.717) is 0 Å². The van der Waals surface area contributed by atoms with Crippen LogP contribution in [0.3, 0.4) is 0 Å². The van der Waals surface area contributed by atoms with Crippen LogP contribution < -0.4 is 0 Å². The lowest BCUT2D eigenvalue weighted by Gasteiger charge is -2.19. The van der Waals surface area contributed by atoms with Gasteiger partial charge in [-0.2, -0.15) is 0 Å². The molecule has 1 heteroatoms. The fourth-order valence-corrected chi connectivity index (χ4v) is 8.52. The molecule has 0 bridgehead atoms. The lowest BCUT2D eigenvalue weighted by atomic mass is 9.84. The summed E-state index contributed by atoms with van der Waals surface area (Å²) in [6, 6.07) is 66.3. The quantitative estimate of drug-likeness (QED) is 0.174. The van der Waals surface area contributed by atoms with Crippen molar-refractivity contribution >= 4 is 75.8 Å². The van der Waals surface area contributed by atoms with Crippen molar-refractivity contribution in [1.82, 2.24) is 0 Å². The van der Waals surface area contributed by atoms with Crippen molar-refractivity contribution in [1.29, 1.82) is 0 Å². The topological polar surface area (TPSA) is 13.1 Å². The van der Waals surface area contributed by atoms with Gasteiger partial charge in [0, 0.05) is 16.2 Å². The molecule has 1 nitrogen and oxygen atoms in total. The Hall–Kier alpha value is -6.70. The Bertz CT molecular complexity index is 3130. The fraction of sp³-hybridized carbons (Fsp3) is 0. The second-order valence-electron chi connectivity index (χ2n) is 13.6. The molecule has 51 heavy (non-hydrogen) atoms. The maximum atomic E-state index is 6.56. The van der Waals surface area contributed by atoms with Gasteiger partial charge < -0.3 is 4.42 Å². The molecular weight excluding hydrogens is 617 g/mol. The van der Waals surface area contributed by atoms with Crippen LogP contribution in [-0.2, 0) is 0 Å². The van der Waals surface area contributed by atoms with Gasteiger partial charge in [-0.25, -0.2) is 0 Å². The van der Waals surface area contributed by atoms with Crippen LogP contribution in [0, 0.1) is 0 Å². The van der Waals surface area contributed by atoms with Crippen LogP contribution in [0.2, 0.25) is 0 Å². The van der Waals surface area contributed by atoms with Crippen LogP contribution in [0.4, 0.5) is 0 Å². The van der Waals surface area contributed by atoms with E-state index in [9.17, 15) is 0 Å². The fourth-order valence-electron chi connectivity index (χ4n) is 8.52. The SMILES string of the molecule is c1ccc(-c2c3ccccc3c(-c3ccc(-c4ccc5c(ccc6c7cc8ccccc8cc7oc56)c4)c4ccccc34)c3ccccc23)cc1. The van der Waals surface area contributed by atoms with Crippen LogP contribution in [0.5, 0.6) is 0 Å². The molecule has 1 heterocycles. The molecule has 0 saturated heterocycles. The van der Waals surface area contributed by atoms with Crippen LogP contribution in [0.15, 0.2) is 186 Å². The Morgan fingerprint density at radius 3 is 1.53 bits per heavy atom. The largest absolute Gasteiger partial charge is 0.455 e. The standard InChI is InChI=1S/C50H30O/c1-2-12-31(13-3-1)48-40-18-8-10-20-42(40)49(43-21-11-9-19-41(43)48)44-27-26-36(38-16-6-7-17-39(38)44)34-22-24-37-35(28-34)23-25-45-46-29-32-14-4-5-15-33(32)30-47(46)51-50(37)45/h1-30H. The van der Waals surface area contributed by atoms with Gasteiger partial charge in [-0.1, -0.05) is 152 Å². The minimum atomic E-state index is 0.929. The maximum absolute atomic E-state index is 6.56. The van der Waals surface area contributed by atoms with Crippen LogP contribution >= 0.6 is 0 Å². The van der Waals surface area contributed by atoms with E-state index < -0.39 is 0 Å². The third kappa shape index (κ3) is 4.22. The van der Waals surface area contributed by atoms with Gasteiger partial charge in [-0.15, -0.1) is 0 Å². The smallest absolute Gasteiger partial charge is 0.143 e. The first-order valence-electron chi connectivity index (χ1n) is 17.6. The molecule has 0 N–H and O–H groups in total. The molecule has 1 aromatic heterocycles. The number of rotatable bonds is 3. The monoisotopic (exact) mass is 646 g/mol. The van der Waals surface area contributed by atoms with E-state index in [1.807, 2.05) is 0 Å². The van der Waals surface area contributed by atoms with Crippen molar-refractivity contribution < 1.29 is 4.42 Å². The lowest BCUT2D eigenvalue weighted by Crippen LogP contribution is -1.92. The molecule has 0 radical (unpaired) electrons. The molecule has 0 aliphatic heterocycles. The van der Waals surface area contributed by atoms with Gasteiger partial charge in [0.2, 0.25) is 0 Å². The zero-order valence-electron chi connectivity index (χ0n) is 27.7. The summed E-state index contributed by atoms with van der Waals surface area (Å²) in [7, 11) is 0. The summed E-state index contributed by atoms with van der Waals surface area (Å²) in [5, 5.41) is 14.6. The van der Waals surface area contributed by atoms with Crippen LogP contribution in [0.1, 0.15) is 0 Å². The third-order valence-corrected chi connectivity index (χ3v) is 10.8. The van der Waals surface area contributed by atoms with Crippen molar-refractivity contribution in [3.05, 3.63) is 182 Å². The third-order valence-electron chi connectivity index (χ3n) is 10.8. The van der Waals surface area contributed by atoms with E-state index in [1.54, 1.807) is 0 Å². The van der Waals surface area contributed by atoms with Gasteiger partial charge in [0.15, 0.2) is 0 Å². The minimum Gasteiger partial charge on any atom is -0.455 e. The summed E-state index contributed by atoms with van der Waals surface area (Å²) in [6.45, 7) is 0. The summed E-state index contributed by atoms with van der Waals surface area (Å²) >= 11 is 0. The van der Waals surface area contributed by atoms with Crippen molar-refractivity contribution in [3.8, 4) is 33.4 Å². The first-order valence-corrected chi connectivity index (χ1v) is 17.6. The lowest BCUT2D eigenvalue weighted by molar-refractivity contribution is 0.673. The summed E-state index contributed by atoms with van der Waals surface area (Å²) in [5.74, 6) is 0. The molecule has 0 aliphatic rings. The Labute approximate surface area is 294 Å². The average Bonchev–Trinajstić information content (AvgIpc) is 3.56. The van der Waals surface area contributed by atoms with E-state index in [-0.39, 0.29) is 0 Å². The van der Waals surface area contributed by atoms with Gasteiger partial charge in [0.05, 0.1) is 0 Å². The first kappa shape index (κ1) is 28.2. The molecule has 0 saturated carbocycles. The average molecular weight is 647 g/mol. The molecule has 10 aromatic carbocycles. The van der Waals surface area contributed by atoms with Gasteiger partial charge >= 0.3 is 0 Å². The van der Waals surface area contributed by atoms with E-state index in [0.717, 1.165) is 27.3 Å². The number of benzene rings is 10. The van der Waals surface area contributed by atoms with E-state index in [4.69, 9.17) is 4.42 Å². The molecule has 0 aliphatic carbocycles. The predicted octanol–water partition coefficient (Wildman–Crippen LogP) is 14.4. The highest BCUT2D eigenvalue weighted by atomic mass is 16.3. The number of furan rings is 1. The predicted molar refractivity (Wildman–Crippen MR) is 218 cm³/mol. The van der Waals surface area contributed by atoms with Crippen LogP contribution in [0.25, 0.3) is 109 Å². The van der Waals surface area contributed by atoms with Gasteiger partial charge in [0.1, 0.15) is 11.2 Å². The van der Waals surface area contributed by atoms with Gasteiger partial charge in [0.25, 0.3) is 0 Å². The summed E-state index contributed by atoms with van der Waals surface area (Å²) in [5.41, 5.74) is 9.35. The molecule has 0 unspecified atom stereocenters. The molecule has 11 aromatic rings. The Balaban J connectivity index is 1.12. The molecule has 11 rings (SSSR count). The zero-order valence-corrected chi connectivity index (χ0v) is 27.7. The van der Waals surface area contributed by atoms with E-state index in [2.05, 4.69) is 182 Å². The second kappa shape index (κ2) is 10.9. The maximum Gasteiger partial charge on any atom is 0.143 e. The Kier molecular flexibility index (Phi) is 6.02. The van der Waals surface area contributed by atoms with Gasteiger partial charge in [-0.05, 0) is 112 Å². The van der Waals surface area contributed by atoms with Crippen molar-refractivity contribution in [2.45, 2.75) is 0 Å². The van der Waals surface area contributed by atoms with Crippen LogP contribution in [-0.4, -0.2) is 0 Å². The first-order chi connectivity index (χ1) is 25.3. The van der Waals surface area contributed by atoms with Crippen molar-refractivity contribution in [2.24, 2.45) is 0 Å².